The van der Waals surface area contributed by atoms with Crippen LogP contribution in [-0.4, -0.2) is 9.97 Å². The summed E-state index contributed by atoms with van der Waals surface area (Å²) in [5.41, 5.74) is 1.52. The highest BCUT2D eigenvalue weighted by Crippen LogP contribution is 2.12. The van der Waals surface area contributed by atoms with Gasteiger partial charge in [0.05, 0.1) is 5.69 Å². The summed E-state index contributed by atoms with van der Waals surface area (Å²) in [5, 5.41) is 0. The number of rotatable bonds is 1. The molecule has 0 bridgehead atoms. The number of nitrogens with one attached hydrogen (secondary N) is 1. The van der Waals surface area contributed by atoms with E-state index in [-0.39, 0.29) is 11.5 Å². The Balaban J connectivity index is 3.44. The van der Waals surface area contributed by atoms with Gasteiger partial charge in [0.1, 0.15) is 11.4 Å². The number of aryl methyl sites for hydroxylation is 1. The minimum absolute atomic E-state index is 0.211. The molecular weight excluding hydrogens is 164 g/mol. The summed E-state index contributed by atoms with van der Waals surface area (Å²) < 4.78 is 0. The topological polar surface area (TPSA) is 45.8 Å². The molecule has 0 aromatic carbocycles. The molecule has 0 atom stereocenters. The molecule has 68 valence electrons. The third kappa shape index (κ3) is 1.78. The lowest BCUT2D eigenvalue weighted by Gasteiger charge is -2.07. The highest BCUT2D eigenvalue weighted by molar-refractivity contribution is 5.31. The minimum atomic E-state index is -0.211. The molecule has 0 radical (unpaired) electrons. The van der Waals surface area contributed by atoms with Gasteiger partial charge in [-0.3, -0.25) is 4.79 Å². The summed E-state index contributed by atoms with van der Waals surface area (Å²) in [7, 11) is 0. The summed E-state index contributed by atoms with van der Waals surface area (Å²) in [6.45, 7) is 5.65. The predicted molar refractivity (Wildman–Crippen MR) is 51.6 cm³/mol. The Morgan fingerprint density at radius 1 is 1.54 bits per heavy atom. The number of terminal acetylenes is 1. The van der Waals surface area contributed by atoms with Crippen molar-refractivity contribution in [2.45, 2.75) is 26.7 Å². The Kier molecular flexibility index (Phi) is 2.52. The van der Waals surface area contributed by atoms with Crippen LogP contribution in [0.1, 0.15) is 36.8 Å². The van der Waals surface area contributed by atoms with E-state index in [0.29, 0.717) is 11.4 Å². The first-order chi connectivity index (χ1) is 6.06. The van der Waals surface area contributed by atoms with E-state index in [1.807, 2.05) is 13.8 Å². The van der Waals surface area contributed by atoms with E-state index >= 15 is 0 Å². The van der Waals surface area contributed by atoms with Crippen molar-refractivity contribution in [3.63, 3.8) is 0 Å². The minimum Gasteiger partial charge on any atom is -0.312 e. The van der Waals surface area contributed by atoms with Crippen molar-refractivity contribution in [2.24, 2.45) is 0 Å². The maximum atomic E-state index is 11.2. The fourth-order valence-electron chi connectivity index (χ4n) is 1.08. The number of aromatic nitrogens is 2. The molecule has 0 amide bonds. The fraction of sp³-hybridized carbons (Fsp3) is 0.400. The number of nitrogens with zero attached hydrogens (tertiary/aromatic N) is 1. The highest BCUT2D eigenvalue weighted by atomic mass is 16.1. The zero-order chi connectivity index (χ0) is 10.0. The Morgan fingerprint density at radius 2 is 2.15 bits per heavy atom. The van der Waals surface area contributed by atoms with Crippen molar-refractivity contribution in [2.75, 3.05) is 0 Å². The average molecular weight is 176 g/mol. The van der Waals surface area contributed by atoms with Crippen LogP contribution in [0.3, 0.4) is 0 Å². The first-order valence-electron chi connectivity index (χ1n) is 4.13. The van der Waals surface area contributed by atoms with Crippen molar-refractivity contribution in [1.82, 2.24) is 9.97 Å². The molecule has 1 aromatic heterocycles. The van der Waals surface area contributed by atoms with Crippen LogP contribution in [0.25, 0.3) is 0 Å². The molecule has 1 aromatic rings. The summed E-state index contributed by atoms with van der Waals surface area (Å²) in [6, 6.07) is 0. The van der Waals surface area contributed by atoms with Crippen LogP contribution in [0.2, 0.25) is 0 Å². The highest BCUT2D eigenvalue weighted by Gasteiger charge is 2.09. The molecule has 1 N–H and O–H groups in total. The van der Waals surface area contributed by atoms with Gasteiger partial charge >= 0.3 is 0 Å². The van der Waals surface area contributed by atoms with Gasteiger partial charge in [-0.15, -0.1) is 6.42 Å². The van der Waals surface area contributed by atoms with E-state index in [9.17, 15) is 4.79 Å². The zero-order valence-corrected chi connectivity index (χ0v) is 8.01. The summed E-state index contributed by atoms with van der Waals surface area (Å²) >= 11 is 0. The number of hydrogen-bond donors (Lipinski definition) is 1. The summed E-state index contributed by atoms with van der Waals surface area (Å²) in [4.78, 5) is 17.9. The molecule has 0 aliphatic rings. The Morgan fingerprint density at radius 3 is 2.62 bits per heavy atom. The summed E-state index contributed by atoms with van der Waals surface area (Å²) in [5.74, 6) is 2.65. The molecule has 0 unspecified atom stereocenters. The van der Waals surface area contributed by atoms with Crippen molar-refractivity contribution in [1.29, 1.82) is 0 Å². The summed E-state index contributed by atoms with van der Waals surface area (Å²) in [6.07, 6.45) is 5.25. The van der Waals surface area contributed by atoms with E-state index in [4.69, 9.17) is 6.42 Å². The smallest absolute Gasteiger partial charge is 0.270 e. The maximum Gasteiger partial charge on any atom is 0.270 e. The van der Waals surface area contributed by atoms with Crippen LogP contribution >= 0.6 is 0 Å². The molecule has 1 rings (SSSR count). The molecule has 3 heteroatoms. The SMILES string of the molecule is C#Cc1[nH]c(=O)c(C)nc1C(C)C. The predicted octanol–water partition coefficient (Wildman–Crippen LogP) is 1.18. The van der Waals surface area contributed by atoms with Gasteiger partial charge < -0.3 is 4.98 Å². The van der Waals surface area contributed by atoms with Crippen molar-refractivity contribution < 1.29 is 0 Å². The van der Waals surface area contributed by atoms with Crippen molar-refractivity contribution >= 4 is 0 Å². The number of aromatic amines is 1. The largest absolute Gasteiger partial charge is 0.312 e. The van der Waals surface area contributed by atoms with Gasteiger partial charge in [-0.1, -0.05) is 19.8 Å². The molecule has 0 saturated heterocycles. The second-order valence-corrected chi connectivity index (χ2v) is 3.21. The van der Waals surface area contributed by atoms with Gasteiger partial charge in [0.25, 0.3) is 5.56 Å². The molecule has 0 saturated carbocycles. The lowest BCUT2D eigenvalue weighted by molar-refractivity contribution is 0.790. The third-order valence-electron chi connectivity index (χ3n) is 1.80. The van der Waals surface area contributed by atoms with Gasteiger partial charge in [0.15, 0.2) is 0 Å². The number of H-pyrrole nitrogens is 1. The lowest BCUT2D eigenvalue weighted by Crippen LogP contribution is -2.16. The molecule has 3 nitrogen and oxygen atoms in total. The molecule has 0 aliphatic carbocycles. The van der Waals surface area contributed by atoms with E-state index < -0.39 is 0 Å². The van der Waals surface area contributed by atoms with Crippen LogP contribution < -0.4 is 5.56 Å². The zero-order valence-electron chi connectivity index (χ0n) is 8.01. The van der Waals surface area contributed by atoms with Gasteiger partial charge in [-0.25, -0.2) is 4.98 Å². The second-order valence-electron chi connectivity index (χ2n) is 3.21. The van der Waals surface area contributed by atoms with E-state index in [1.165, 1.54) is 0 Å². The van der Waals surface area contributed by atoms with Crippen LogP contribution in [0.4, 0.5) is 0 Å². The quantitative estimate of drug-likeness (QED) is 0.653. The standard InChI is InChI=1S/C10H12N2O/c1-5-8-9(6(2)3)11-7(4)10(13)12-8/h1,6H,2-4H3,(H,12,13). The molecule has 13 heavy (non-hydrogen) atoms. The van der Waals surface area contributed by atoms with Crippen LogP contribution in [0.15, 0.2) is 4.79 Å². The van der Waals surface area contributed by atoms with Gasteiger partial charge in [-0.2, -0.15) is 0 Å². The third-order valence-corrected chi connectivity index (χ3v) is 1.80. The van der Waals surface area contributed by atoms with E-state index in [1.54, 1.807) is 6.92 Å². The second kappa shape index (κ2) is 3.44. The first kappa shape index (κ1) is 9.53. The van der Waals surface area contributed by atoms with Gasteiger partial charge in [0.2, 0.25) is 0 Å². The Hall–Kier alpha value is -1.56. The van der Waals surface area contributed by atoms with Crippen LogP contribution in [0, 0.1) is 19.3 Å². The van der Waals surface area contributed by atoms with Crippen LogP contribution in [-0.2, 0) is 0 Å². The van der Waals surface area contributed by atoms with Gasteiger partial charge in [0, 0.05) is 0 Å². The average Bonchev–Trinajstić information content (AvgIpc) is 2.08. The van der Waals surface area contributed by atoms with Crippen LogP contribution in [0.5, 0.6) is 0 Å². The monoisotopic (exact) mass is 176 g/mol. The fourth-order valence-corrected chi connectivity index (χ4v) is 1.08. The van der Waals surface area contributed by atoms with Gasteiger partial charge in [-0.05, 0) is 12.8 Å². The first-order valence-corrected chi connectivity index (χ1v) is 4.13. The molecule has 0 spiro atoms. The Bertz CT molecular complexity index is 410. The normalized spacial score (nSPS) is 10.1. The van der Waals surface area contributed by atoms with Crippen molar-refractivity contribution in [3.8, 4) is 12.3 Å². The lowest BCUT2D eigenvalue weighted by atomic mass is 10.1. The number of hydrogen-bond acceptors (Lipinski definition) is 2. The molecule has 0 fully saturated rings. The Labute approximate surface area is 77.2 Å². The van der Waals surface area contributed by atoms with Crippen molar-refractivity contribution in [3.05, 3.63) is 27.4 Å². The molecule has 0 aliphatic heterocycles. The molecular formula is C10H12N2O. The van der Waals surface area contributed by atoms with E-state index in [2.05, 4.69) is 15.9 Å². The molecule has 1 heterocycles. The van der Waals surface area contributed by atoms with E-state index in [0.717, 1.165) is 5.69 Å². The maximum absolute atomic E-state index is 11.2.